The molecule has 1 aromatic carbocycles. The van der Waals surface area contributed by atoms with Crippen LogP contribution in [0.1, 0.15) is 191 Å². The summed E-state index contributed by atoms with van der Waals surface area (Å²) in [5, 5.41) is 25.9. The van der Waals surface area contributed by atoms with Gasteiger partial charge in [-0.25, -0.2) is 54.2 Å². The van der Waals surface area contributed by atoms with Crippen molar-refractivity contribution in [1.82, 2.24) is 72.7 Å². The first-order valence-electron chi connectivity index (χ1n) is 39.5. The van der Waals surface area contributed by atoms with Crippen LogP contribution in [-0.4, -0.2) is 146 Å². The lowest BCUT2D eigenvalue weighted by molar-refractivity contribution is -0.140. The third-order valence-electron chi connectivity index (χ3n) is 18.5. The number of aryl methyl sites for hydroxylation is 3. The van der Waals surface area contributed by atoms with Gasteiger partial charge in [0.25, 0.3) is 0 Å². The molecule has 2 fully saturated rings. The first-order valence-corrected chi connectivity index (χ1v) is 41.1. The van der Waals surface area contributed by atoms with Gasteiger partial charge in [0.1, 0.15) is 54.0 Å². The first-order chi connectivity index (χ1) is 55.7. The van der Waals surface area contributed by atoms with E-state index in [1.807, 2.05) is 101 Å². The molecule has 10 aromatic heterocycles. The minimum atomic E-state index is -1.04. The van der Waals surface area contributed by atoms with Gasteiger partial charge < -0.3 is 24.6 Å². The van der Waals surface area contributed by atoms with Crippen molar-refractivity contribution in [2.45, 2.75) is 223 Å². The Kier molecular flexibility index (Phi) is 34.0. The number of ether oxygens (including phenoxy) is 3. The van der Waals surface area contributed by atoms with Crippen LogP contribution >= 0.6 is 58.8 Å². The van der Waals surface area contributed by atoms with E-state index in [0.717, 1.165) is 77.6 Å². The molecule has 4 amide bonds. The van der Waals surface area contributed by atoms with E-state index < -0.39 is 5.60 Å². The van der Waals surface area contributed by atoms with Gasteiger partial charge >= 0.3 is 5.97 Å². The van der Waals surface area contributed by atoms with E-state index in [1.165, 1.54) is 51.3 Å². The standard InChI is InChI=1S/C20H22ClFN4O.C17H23ClN4O.C16H21ClN4O3.C16H22N4O2.C15H21ClN4O2.ClH/c1-13(11-12-27-20(2,3)4)23-19-24-16-9-10-17(21)25-18(16)26(19)15-7-5-14(22)6-8-15;1-2-11-22-16-13(8-9-14(18)20-16)19-17(22)21-15(23)10-7-12-5-3-4-6-12;1-16(2,3)9-12(22)20-15-18-10-5-6-11(17)19-14(10)21(15)8-7-13(23)24-4;1-10-7-8-12-14(17-10)20(11-5-4-6-11)15(18-12)19-13(21)9-16(2,3)22;1-15(2,3)9-12(21)19-14-17-10-5-6-11(16)18-13(10)20(14)7-8-22-4;/h5-10H,1,11-12H2,2-4H3,(H,23,24);8-9,12H,2-7,10-11H2,1H3,(H,19,21,23);5-6H,7-9H2,1-4H3,(H,18,20,22);7-8,11,22H,4-6,9H2,1-3H3,(H,18,19,21);5-6H,7-9H2,1-4H3,(H,17,19,21);1H. The largest absolute Gasteiger partial charge is 0.469 e. The summed E-state index contributed by atoms with van der Waals surface area (Å²) in [5.74, 6) is 2.08. The topological polar surface area (TPSA) is 347 Å². The molecule has 13 rings (SSSR count). The zero-order valence-electron chi connectivity index (χ0n) is 70.3. The lowest BCUT2D eigenvalue weighted by atomic mass is 9.92. The fourth-order valence-electron chi connectivity index (χ4n) is 13.0. The molecule has 2 saturated carbocycles. The van der Waals surface area contributed by atoms with E-state index in [0.29, 0.717) is 135 Å². The van der Waals surface area contributed by atoms with E-state index in [4.69, 9.17) is 55.9 Å². The average molecular weight is 1740 g/mol. The van der Waals surface area contributed by atoms with Gasteiger partial charge in [0.15, 0.2) is 28.2 Å². The van der Waals surface area contributed by atoms with Crippen LogP contribution in [0.2, 0.25) is 20.6 Å². The van der Waals surface area contributed by atoms with Crippen LogP contribution in [0.5, 0.6) is 0 Å². The second kappa shape index (κ2) is 42.6. The number of methoxy groups -OCH3 is 2. The molecule has 11 aromatic rings. The number of amides is 4. The number of carbonyl (C=O) groups is 5. The van der Waals surface area contributed by atoms with Crippen molar-refractivity contribution in [1.29, 1.82) is 0 Å². The summed E-state index contributed by atoms with van der Waals surface area (Å²) in [7, 11) is 2.95. The highest BCUT2D eigenvalue weighted by Gasteiger charge is 2.29. The Labute approximate surface area is 718 Å². The van der Waals surface area contributed by atoms with Gasteiger partial charge in [0, 0.05) is 63.3 Å². The zero-order chi connectivity index (χ0) is 86.0. The van der Waals surface area contributed by atoms with Crippen molar-refractivity contribution < 1.29 is 47.7 Å². The van der Waals surface area contributed by atoms with Gasteiger partial charge in [-0.2, -0.15) is 0 Å². The van der Waals surface area contributed by atoms with Crippen molar-refractivity contribution >= 4 is 174 Å². The van der Waals surface area contributed by atoms with Crippen molar-refractivity contribution in [2.24, 2.45) is 16.7 Å². The number of anilines is 5. The number of pyridine rings is 5. The number of esters is 1. The predicted octanol–water partition coefficient (Wildman–Crippen LogP) is 18.9. The molecule has 6 N–H and O–H groups in total. The number of rotatable bonds is 26. The summed E-state index contributed by atoms with van der Waals surface area (Å²) in [6, 6.07) is 24.1. The number of aliphatic hydroxyl groups is 1. The monoisotopic (exact) mass is 1740 g/mol. The third-order valence-corrected chi connectivity index (χ3v) is 19.4. The number of nitrogens with one attached hydrogen (secondary N) is 5. The molecule has 0 aliphatic heterocycles. The van der Waals surface area contributed by atoms with Gasteiger partial charge in [-0.05, 0) is 175 Å². The second-order valence-electron chi connectivity index (χ2n) is 33.2. The summed E-state index contributed by atoms with van der Waals surface area (Å²) in [6.07, 6.45) is 12.5. The predicted molar refractivity (Wildman–Crippen MR) is 471 cm³/mol. The number of hydrogen-bond acceptors (Lipinski definition) is 20. The second-order valence-corrected chi connectivity index (χ2v) is 34.8. The normalized spacial score (nSPS) is 13.1. The number of fused-ring (bicyclic) bond motifs is 5. The fraction of sp³-hybridized carbons (Fsp3) is 0.488. The smallest absolute Gasteiger partial charge is 0.307 e. The number of halogens is 6. The highest BCUT2D eigenvalue weighted by atomic mass is 35.5. The molecule has 642 valence electrons. The highest BCUT2D eigenvalue weighted by Crippen LogP contribution is 2.38. The molecule has 119 heavy (non-hydrogen) atoms. The Morgan fingerprint density at radius 2 is 0.933 bits per heavy atom. The first kappa shape index (κ1) is 94.9. The fourth-order valence-corrected chi connectivity index (χ4v) is 13.5. The summed E-state index contributed by atoms with van der Waals surface area (Å²) < 4.78 is 38.1. The Hall–Kier alpha value is -9.53. The minimum absolute atomic E-state index is 0. The van der Waals surface area contributed by atoms with Crippen LogP contribution in [0.3, 0.4) is 0 Å². The number of nitrogens with zero attached hydrogens (tertiary/aromatic N) is 15. The maximum atomic E-state index is 13.3. The molecule has 0 unspecified atom stereocenters. The molecule has 35 heteroatoms. The van der Waals surface area contributed by atoms with E-state index in [9.17, 15) is 33.5 Å². The number of imidazole rings is 5. The van der Waals surface area contributed by atoms with Crippen LogP contribution in [0.15, 0.2) is 97.2 Å². The Morgan fingerprint density at radius 1 is 0.496 bits per heavy atom. The molecule has 0 atom stereocenters. The van der Waals surface area contributed by atoms with Gasteiger partial charge in [-0.1, -0.05) is 127 Å². The average Bonchev–Trinajstić information content (AvgIpc) is 1.60. The van der Waals surface area contributed by atoms with Crippen molar-refractivity contribution in [2.75, 3.05) is 54.0 Å². The van der Waals surface area contributed by atoms with Gasteiger partial charge in [0.2, 0.25) is 53.4 Å². The van der Waals surface area contributed by atoms with Crippen LogP contribution in [-0.2, 0) is 57.8 Å². The SMILES string of the molecule is C=C(CCOC(C)(C)C)Nc1nc2ccc(Cl)nc2n1-c1ccc(F)cc1.CCCn1c(NC(=O)CCC2CCCC2)nc2ccc(Cl)nc21.COC(=O)CCn1c(NC(=O)CC(C)(C)C)nc2ccc(Cl)nc21.COCCn1c(NC(=O)CC(C)(C)C)nc2ccc(Cl)nc21.Cc1ccc2nc(NC(=O)CC(C)(C)O)n(C3CCC3)c2n1.Cl. The Bertz CT molecular complexity index is 5320. The maximum Gasteiger partial charge on any atom is 0.307 e. The zero-order valence-corrected chi connectivity index (χ0v) is 74.1. The van der Waals surface area contributed by atoms with Crippen molar-refractivity contribution in [3.63, 3.8) is 0 Å². The molecular weight excluding hydrogens is 1630 g/mol. The summed E-state index contributed by atoms with van der Waals surface area (Å²) in [5.41, 5.74) is 7.70. The highest BCUT2D eigenvalue weighted by molar-refractivity contribution is 6.30. The van der Waals surface area contributed by atoms with Crippen LogP contribution < -0.4 is 26.6 Å². The van der Waals surface area contributed by atoms with E-state index in [2.05, 4.69) is 94.7 Å². The van der Waals surface area contributed by atoms with E-state index in [1.54, 1.807) is 84.7 Å². The molecule has 0 spiro atoms. The maximum absolute atomic E-state index is 13.3. The Morgan fingerprint density at radius 3 is 1.39 bits per heavy atom. The molecule has 0 bridgehead atoms. The summed E-state index contributed by atoms with van der Waals surface area (Å²) in [4.78, 5) is 104. The number of benzene rings is 1. The molecule has 29 nitrogen and oxygen atoms in total. The number of hydrogen-bond donors (Lipinski definition) is 6. The van der Waals surface area contributed by atoms with E-state index in [-0.39, 0.29) is 83.6 Å². The summed E-state index contributed by atoms with van der Waals surface area (Å²) >= 11 is 24.0. The molecule has 0 saturated heterocycles. The molecule has 0 radical (unpaired) electrons. The Balaban J connectivity index is 0.000000185. The molecule has 10 heterocycles. The molecular formula is C84H110Cl5FN20O9. The lowest BCUT2D eigenvalue weighted by Gasteiger charge is -2.28. The lowest BCUT2D eigenvalue weighted by Crippen LogP contribution is -2.29. The van der Waals surface area contributed by atoms with Crippen LogP contribution in [0, 0.1) is 29.5 Å². The van der Waals surface area contributed by atoms with Gasteiger partial charge in [-0.15, -0.1) is 12.4 Å². The summed E-state index contributed by atoms with van der Waals surface area (Å²) in [6.45, 7) is 31.9. The minimum Gasteiger partial charge on any atom is -0.469 e. The van der Waals surface area contributed by atoms with Crippen molar-refractivity contribution in [3.8, 4) is 5.69 Å². The number of aromatic nitrogens is 15. The van der Waals surface area contributed by atoms with Crippen LogP contribution in [0.4, 0.5) is 34.1 Å². The van der Waals surface area contributed by atoms with Gasteiger partial charge in [-0.3, -0.25) is 68.1 Å². The van der Waals surface area contributed by atoms with Crippen molar-refractivity contribution in [3.05, 3.63) is 129 Å². The molecule has 2 aliphatic carbocycles. The van der Waals surface area contributed by atoms with E-state index >= 15 is 0 Å². The third kappa shape index (κ3) is 28.6. The molecule has 2 aliphatic rings. The quantitative estimate of drug-likeness (QED) is 0.0217. The number of carbonyl (C=O) groups excluding carboxylic acids is 5. The van der Waals surface area contributed by atoms with Gasteiger partial charge in [0.05, 0.1) is 56.6 Å². The van der Waals surface area contributed by atoms with Crippen LogP contribution in [0.25, 0.3) is 61.5 Å².